The highest BCUT2D eigenvalue weighted by Gasteiger charge is 2.42. The van der Waals surface area contributed by atoms with Crippen LogP contribution in [0.4, 0.5) is 5.69 Å². The molecule has 2 aromatic rings. The first-order valence-corrected chi connectivity index (χ1v) is 15.2. The summed E-state index contributed by atoms with van der Waals surface area (Å²) in [6.45, 7) is 0. The lowest BCUT2D eigenvalue weighted by Gasteiger charge is -2.33. The number of anilines is 1. The van der Waals surface area contributed by atoms with Gasteiger partial charge in [-0.2, -0.15) is 0 Å². The lowest BCUT2D eigenvalue weighted by molar-refractivity contribution is -0.134. The summed E-state index contributed by atoms with van der Waals surface area (Å²) < 4.78 is 0. The Bertz CT molecular complexity index is 1270. The van der Waals surface area contributed by atoms with Crippen LogP contribution in [0.25, 0.3) is 10.9 Å². The first-order chi connectivity index (χ1) is 18.6. The van der Waals surface area contributed by atoms with Crippen molar-refractivity contribution in [3.05, 3.63) is 35.5 Å². The van der Waals surface area contributed by atoms with Gasteiger partial charge in [-0.3, -0.25) is 29.6 Å². The predicted molar refractivity (Wildman–Crippen MR) is 147 cm³/mol. The third-order valence-corrected chi connectivity index (χ3v) is 10.7. The molecule has 3 heterocycles. The molecule has 4 fully saturated rings. The maximum atomic E-state index is 13.4. The van der Waals surface area contributed by atoms with Crippen molar-refractivity contribution >= 4 is 34.3 Å². The number of piperidine rings is 1. The molecule has 1 aromatic heterocycles. The van der Waals surface area contributed by atoms with E-state index in [1.807, 2.05) is 6.07 Å². The van der Waals surface area contributed by atoms with Crippen LogP contribution in [0.2, 0.25) is 0 Å². The number of nitrogens with one attached hydrogen (secondary N) is 1. The molecule has 5 aliphatic rings. The van der Waals surface area contributed by atoms with Crippen LogP contribution in [0.15, 0.2) is 24.4 Å². The van der Waals surface area contributed by atoms with Crippen molar-refractivity contribution in [3.8, 4) is 0 Å². The van der Waals surface area contributed by atoms with E-state index in [2.05, 4.69) is 11.4 Å². The highest BCUT2D eigenvalue weighted by Crippen LogP contribution is 2.49. The molecule has 7 rings (SSSR count). The van der Waals surface area contributed by atoms with Crippen molar-refractivity contribution in [3.63, 3.8) is 0 Å². The molecule has 3 aliphatic carbocycles. The van der Waals surface area contributed by atoms with E-state index in [1.165, 1.54) is 82.6 Å². The van der Waals surface area contributed by atoms with Crippen LogP contribution >= 0.6 is 0 Å². The third kappa shape index (κ3) is 4.15. The number of carbonyl (C=O) groups is 3. The molecular weight excluding hydrogens is 474 g/mol. The smallest absolute Gasteiger partial charge is 0.259 e. The molecule has 1 saturated heterocycles. The lowest BCUT2D eigenvalue weighted by atomic mass is 9.72. The Balaban J connectivity index is 1.07. The molecule has 200 valence electrons. The Kier molecular flexibility index (Phi) is 6.24. The van der Waals surface area contributed by atoms with Gasteiger partial charge >= 0.3 is 0 Å². The van der Waals surface area contributed by atoms with Crippen molar-refractivity contribution in [2.45, 2.75) is 102 Å². The monoisotopic (exact) mass is 513 g/mol. The minimum absolute atomic E-state index is 0.156. The molecule has 1 N–H and O–H groups in total. The van der Waals surface area contributed by atoms with Crippen molar-refractivity contribution in [2.75, 3.05) is 4.90 Å². The van der Waals surface area contributed by atoms with Crippen LogP contribution in [0.3, 0.4) is 0 Å². The quantitative estimate of drug-likeness (QED) is 0.478. The largest absolute Gasteiger partial charge is 0.295 e. The van der Waals surface area contributed by atoms with Gasteiger partial charge in [-0.1, -0.05) is 38.2 Å². The van der Waals surface area contributed by atoms with Gasteiger partial charge in [0, 0.05) is 18.0 Å². The van der Waals surface area contributed by atoms with Gasteiger partial charge in [0.25, 0.3) is 5.91 Å². The van der Waals surface area contributed by atoms with E-state index in [4.69, 9.17) is 4.98 Å². The molecule has 0 spiro atoms. The minimum atomic E-state index is -0.652. The Morgan fingerprint density at radius 3 is 2.42 bits per heavy atom. The van der Waals surface area contributed by atoms with Gasteiger partial charge in [0.1, 0.15) is 6.04 Å². The fourth-order valence-electron chi connectivity index (χ4n) is 8.83. The molecule has 0 radical (unpaired) electrons. The molecule has 3 saturated carbocycles. The number of amides is 3. The summed E-state index contributed by atoms with van der Waals surface area (Å²) in [4.78, 5) is 44.2. The second-order valence-corrected chi connectivity index (χ2v) is 12.8. The molecular formula is C32H39N3O3. The fourth-order valence-corrected chi connectivity index (χ4v) is 8.83. The van der Waals surface area contributed by atoms with Crippen LogP contribution in [-0.4, -0.2) is 28.7 Å². The summed E-state index contributed by atoms with van der Waals surface area (Å²) >= 11 is 0. The number of rotatable bonds is 5. The van der Waals surface area contributed by atoms with E-state index in [0.717, 1.165) is 40.3 Å². The van der Waals surface area contributed by atoms with E-state index >= 15 is 0 Å². The summed E-state index contributed by atoms with van der Waals surface area (Å²) in [6.07, 6.45) is 19.1. The lowest BCUT2D eigenvalue weighted by Crippen LogP contribution is -2.53. The standard InChI is InChI=1S/C32H39N3O3/c36-28-14-13-27(31(37)34-28)35-26-12-11-24(30-29(26)25(32(35)38)15-16-33-30)22-9-7-21(8-10-22)23-6-5-20(18-23)17-19-3-1-2-4-19/h11-12,15-16,19-23,27H,1-10,13-14,17-18H2,(H,34,36,37). The summed E-state index contributed by atoms with van der Waals surface area (Å²) in [5, 5.41) is 3.29. The van der Waals surface area contributed by atoms with Crippen LogP contribution in [0.5, 0.6) is 0 Å². The molecule has 2 aliphatic heterocycles. The molecule has 6 nitrogen and oxygen atoms in total. The zero-order chi connectivity index (χ0) is 25.8. The molecule has 6 heteroatoms. The molecule has 3 amide bonds. The number of benzene rings is 1. The number of nitrogens with zero attached hydrogens (tertiary/aromatic N) is 2. The maximum absolute atomic E-state index is 13.4. The van der Waals surface area contributed by atoms with Crippen LogP contribution in [0.1, 0.15) is 112 Å². The number of aromatic nitrogens is 1. The molecule has 3 unspecified atom stereocenters. The van der Waals surface area contributed by atoms with E-state index in [-0.39, 0.29) is 24.1 Å². The van der Waals surface area contributed by atoms with E-state index < -0.39 is 6.04 Å². The van der Waals surface area contributed by atoms with Crippen molar-refractivity contribution in [1.29, 1.82) is 0 Å². The molecule has 38 heavy (non-hydrogen) atoms. The second-order valence-electron chi connectivity index (χ2n) is 12.8. The maximum Gasteiger partial charge on any atom is 0.259 e. The molecule has 0 bridgehead atoms. The van der Waals surface area contributed by atoms with Gasteiger partial charge in [-0.15, -0.1) is 0 Å². The zero-order valence-electron chi connectivity index (χ0n) is 22.3. The van der Waals surface area contributed by atoms with Gasteiger partial charge in [-0.05, 0) is 98.7 Å². The van der Waals surface area contributed by atoms with Crippen molar-refractivity contribution in [1.82, 2.24) is 10.3 Å². The minimum Gasteiger partial charge on any atom is -0.295 e. The molecule has 3 atom stereocenters. The summed E-state index contributed by atoms with van der Waals surface area (Å²) in [5.41, 5.74) is 3.57. The summed E-state index contributed by atoms with van der Waals surface area (Å²) in [7, 11) is 0. The van der Waals surface area contributed by atoms with Gasteiger partial charge in [0.2, 0.25) is 11.8 Å². The SMILES string of the molecule is O=C1CCC(N2C(=O)c3ccnc4c(C5CCC(C6CCC(CC7CCCC7)C6)CC5)ccc2c34)C(=O)N1. The highest BCUT2D eigenvalue weighted by molar-refractivity contribution is 6.27. The van der Waals surface area contributed by atoms with Crippen LogP contribution in [0, 0.1) is 23.7 Å². The van der Waals surface area contributed by atoms with Crippen LogP contribution in [-0.2, 0) is 9.59 Å². The first-order valence-electron chi connectivity index (χ1n) is 15.2. The first kappa shape index (κ1) is 24.3. The third-order valence-electron chi connectivity index (χ3n) is 10.7. The number of pyridine rings is 1. The summed E-state index contributed by atoms with van der Waals surface area (Å²) in [6, 6.07) is 5.31. The fraction of sp³-hybridized carbons (Fsp3) is 0.625. The second kappa shape index (κ2) is 9.77. The normalized spacial score (nSPS) is 31.9. The Morgan fingerprint density at radius 2 is 1.63 bits per heavy atom. The predicted octanol–water partition coefficient (Wildman–Crippen LogP) is 6.27. The Morgan fingerprint density at radius 1 is 0.842 bits per heavy atom. The zero-order valence-corrected chi connectivity index (χ0v) is 22.3. The number of carbonyl (C=O) groups excluding carboxylic acids is 3. The van der Waals surface area contributed by atoms with Crippen molar-refractivity contribution in [2.24, 2.45) is 23.7 Å². The summed E-state index contributed by atoms with van der Waals surface area (Å²) in [5.74, 6) is 3.45. The average Bonchev–Trinajstić information content (AvgIpc) is 3.67. The van der Waals surface area contributed by atoms with Crippen LogP contribution < -0.4 is 10.2 Å². The number of imide groups is 1. The van der Waals surface area contributed by atoms with Gasteiger partial charge in [-0.25, -0.2) is 0 Å². The van der Waals surface area contributed by atoms with E-state index in [9.17, 15) is 14.4 Å². The number of hydrogen-bond donors (Lipinski definition) is 1. The van der Waals surface area contributed by atoms with Gasteiger partial charge in [0.05, 0.1) is 16.8 Å². The molecule has 1 aromatic carbocycles. The van der Waals surface area contributed by atoms with Crippen molar-refractivity contribution < 1.29 is 14.4 Å². The van der Waals surface area contributed by atoms with E-state index in [1.54, 1.807) is 17.2 Å². The average molecular weight is 514 g/mol. The highest BCUT2D eigenvalue weighted by atomic mass is 16.2. The van der Waals surface area contributed by atoms with Gasteiger partial charge < -0.3 is 0 Å². The van der Waals surface area contributed by atoms with E-state index in [0.29, 0.717) is 17.9 Å². The Hall–Kier alpha value is -2.76. The van der Waals surface area contributed by atoms with Gasteiger partial charge in [0.15, 0.2) is 0 Å². The topological polar surface area (TPSA) is 79.4 Å². The number of hydrogen-bond acceptors (Lipinski definition) is 4. The Labute approximate surface area is 224 Å².